The summed E-state index contributed by atoms with van der Waals surface area (Å²) < 4.78 is 33.4. The van der Waals surface area contributed by atoms with Gasteiger partial charge < -0.3 is 9.73 Å². The number of carbonyl (C=O) groups is 1. The molecule has 0 unspecified atom stereocenters. The van der Waals surface area contributed by atoms with Gasteiger partial charge in [-0.2, -0.15) is 0 Å². The topological polar surface area (TPSA) is 79.6 Å². The number of nitrogens with zero attached hydrogens (tertiary/aromatic N) is 1. The molecule has 0 atom stereocenters. The molecule has 1 aromatic heterocycles. The van der Waals surface area contributed by atoms with Gasteiger partial charge in [-0.1, -0.05) is 48.0 Å². The summed E-state index contributed by atoms with van der Waals surface area (Å²) >= 11 is 0. The lowest BCUT2D eigenvalue weighted by Crippen LogP contribution is -2.29. The van der Waals surface area contributed by atoms with Crippen molar-refractivity contribution in [3.8, 4) is 0 Å². The Balaban J connectivity index is 1.46. The number of rotatable bonds is 5. The van der Waals surface area contributed by atoms with Crippen LogP contribution in [0.25, 0.3) is 21.9 Å². The van der Waals surface area contributed by atoms with Gasteiger partial charge in [0.25, 0.3) is 15.9 Å². The molecule has 170 valence electrons. The molecule has 6 nitrogen and oxygen atoms in total. The largest absolute Gasteiger partial charge is 0.456 e. The maximum absolute atomic E-state index is 13.2. The third-order valence-electron chi connectivity index (χ3n) is 5.80. The van der Waals surface area contributed by atoms with Crippen molar-refractivity contribution >= 4 is 49.2 Å². The van der Waals surface area contributed by atoms with Gasteiger partial charge in [0.15, 0.2) is 0 Å². The SMILES string of the molecule is Cc1ccc(S(=O)(=O)N(C)c2ccccc2C(=O)Nc2ccc3c(c2)oc2ccccc23)cc1. The number of sulfonamides is 1. The van der Waals surface area contributed by atoms with Crippen molar-refractivity contribution in [2.24, 2.45) is 0 Å². The number of hydrogen-bond acceptors (Lipinski definition) is 4. The molecule has 5 rings (SSSR count). The van der Waals surface area contributed by atoms with Crippen LogP contribution in [0.2, 0.25) is 0 Å². The van der Waals surface area contributed by atoms with Crippen LogP contribution in [0, 0.1) is 6.92 Å². The summed E-state index contributed by atoms with van der Waals surface area (Å²) in [5, 5.41) is 4.83. The summed E-state index contributed by atoms with van der Waals surface area (Å²) in [5.41, 5.74) is 3.47. The molecule has 0 fully saturated rings. The number of furan rings is 1. The first-order chi connectivity index (χ1) is 16.3. The minimum atomic E-state index is -3.84. The zero-order valence-corrected chi connectivity index (χ0v) is 19.5. The van der Waals surface area contributed by atoms with Gasteiger partial charge in [0, 0.05) is 29.6 Å². The van der Waals surface area contributed by atoms with E-state index in [0.717, 1.165) is 26.2 Å². The molecule has 0 bridgehead atoms. The number of amides is 1. The van der Waals surface area contributed by atoms with Crippen LogP contribution in [0.5, 0.6) is 0 Å². The molecule has 1 heterocycles. The number of hydrogen-bond donors (Lipinski definition) is 1. The number of aryl methyl sites for hydroxylation is 1. The minimum absolute atomic E-state index is 0.158. The van der Waals surface area contributed by atoms with Crippen LogP contribution in [-0.2, 0) is 10.0 Å². The van der Waals surface area contributed by atoms with E-state index in [9.17, 15) is 13.2 Å². The predicted octanol–water partition coefficient (Wildman–Crippen LogP) is 5.97. The molecule has 0 saturated heterocycles. The van der Waals surface area contributed by atoms with Gasteiger partial charge in [-0.15, -0.1) is 0 Å². The highest BCUT2D eigenvalue weighted by Crippen LogP contribution is 2.31. The van der Waals surface area contributed by atoms with Crippen LogP contribution >= 0.6 is 0 Å². The molecule has 7 heteroatoms. The fourth-order valence-corrected chi connectivity index (χ4v) is 5.15. The molecule has 5 aromatic rings. The first-order valence-electron chi connectivity index (χ1n) is 10.7. The number of benzene rings is 4. The average molecular weight is 471 g/mol. The van der Waals surface area contributed by atoms with Gasteiger partial charge in [-0.05, 0) is 49.4 Å². The van der Waals surface area contributed by atoms with Gasteiger partial charge >= 0.3 is 0 Å². The number of nitrogens with one attached hydrogen (secondary N) is 1. The van der Waals surface area contributed by atoms with Gasteiger partial charge in [0.2, 0.25) is 0 Å². The smallest absolute Gasteiger partial charge is 0.264 e. The third kappa shape index (κ3) is 3.80. The maximum Gasteiger partial charge on any atom is 0.264 e. The van der Waals surface area contributed by atoms with Gasteiger partial charge in [-0.3, -0.25) is 9.10 Å². The normalized spacial score (nSPS) is 11.6. The molecule has 0 aliphatic carbocycles. The van der Waals surface area contributed by atoms with E-state index in [-0.39, 0.29) is 16.1 Å². The second kappa shape index (κ2) is 8.35. The van der Waals surface area contributed by atoms with Crippen molar-refractivity contribution in [1.82, 2.24) is 0 Å². The minimum Gasteiger partial charge on any atom is -0.456 e. The molecule has 0 aliphatic rings. The molecule has 0 radical (unpaired) electrons. The number of carbonyl (C=O) groups excluding carboxylic acids is 1. The monoisotopic (exact) mass is 470 g/mol. The molecule has 1 N–H and O–H groups in total. The molecule has 0 aliphatic heterocycles. The number of fused-ring (bicyclic) bond motifs is 3. The van der Waals surface area contributed by atoms with Crippen molar-refractivity contribution in [1.29, 1.82) is 0 Å². The Bertz CT molecular complexity index is 1640. The van der Waals surface area contributed by atoms with E-state index >= 15 is 0 Å². The van der Waals surface area contributed by atoms with E-state index in [2.05, 4.69) is 5.32 Å². The molecule has 0 saturated carbocycles. The Kier molecular flexibility index (Phi) is 5.34. The van der Waals surface area contributed by atoms with Crippen molar-refractivity contribution in [3.63, 3.8) is 0 Å². The molecule has 4 aromatic carbocycles. The highest BCUT2D eigenvalue weighted by Gasteiger charge is 2.25. The Morgan fingerprint density at radius 2 is 1.50 bits per heavy atom. The zero-order chi connectivity index (χ0) is 23.9. The summed E-state index contributed by atoms with van der Waals surface area (Å²) in [7, 11) is -2.40. The van der Waals surface area contributed by atoms with Crippen LogP contribution in [0.3, 0.4) is 0 Å². The molecular weight excluding hydrogens is 448 g/mol. The Morgan fingerprint density at radius 1 is 0.824 bits per heavy atom. The van der Waals surface area contributed by atoms with Crippen molar-refractivity contribution in [2.75, 3.05) is 16.7 Å². The Labute approximate surface area is 197 Å². The van der Waals surface area contributed by atoms with Gasteiger partial charge in [-0.25, -0.2) is 8.42 Å². The lowest BCUT2D eigenvalue weighted by Gasteiger charge is -2.22. The predicted molar refractivity (Wildman–Crippen MR) is 135 cm³/mol. The first-order valence-corrected chi connectivity index (χ1v) is 12.2. The Hall–Kier alpha value is -4.10. The molecule has 0 spiro atoms. The lowest BCUT2D eigenvalue weighted by atomic mass is 10.1. The van der Waals surface area contributed by atoms with Crippen LogP contribution in [0.4, 0.5) is 11.4 Å². The fraction of sp³-hybridized carbons (Fsp3) is 0.0741. The summed E-state index contributed by atoms with van der Waals surface area (Å²) in [4.78, 5) is 13.4. The molecule has 34 heavy (non-hydrogen) atoms. The summed E-state index contributed by atoms with van der Waals surface area (Å²) in [5.74, 6) is -0.419. The highest BCUT2D eigenvalue weighted by molar-refractivity contribution is 7.92. The molecule has 1 amide bonds. The third-order valence-corrected chi connectivity index (χ3v) is 7.59. The van der Waals surface area contributed by atoms with Crippen LogP contribution in [0.15, 0.2) is 100 Å². The van der Waals surface area contributed by atoms with Gasteiger partial charge in [0.05, 0.1) is 16.1 Å². The van der Waals surface area contributed by atoms with E-state index in [1.54, 1.807) is 60.7 Å². The van der Waals surface area contributed by atoms with Crippen LogP contribution in [-0.4, -0.2) is 21.4 Å². The van der Waals surface area contributed by atoms with Gasteiger partial charge in [0.1, 0.15) is 11.2 Å². The number of anilines is 2. The van der Waals surface area contributed by atoms with E-state index in [0.29, 0.717) is 11.3 Å². The average Bonchev–Trinajstić information content (AvgIpc) is 3.21. The quantitative estimate of drug-likeness (QED) is 0.343. The zero-order valence-electron chi connectivity index (χ0n) is 18.6. The summed E-state index contributed by atoms with van der Waals surface area (Å²) in [6.45, 7) is 1.89. The van der Waals surface area contributed by atoms with Crippen molar-refractivity contribution < 1.29 is 17.6 Å². The maximum atomic E-state index is 13.2. The van der Waals surface area contributed by atoms with Crippen molar-refractivity contribution in [3.05, 3.63) is 102 Å². The first kappa shape index (κ1) is 21.7. The highest BCUT2D eigenvalue weighted by atomic mass is 32.2. The standard InChI is InChI=1S/C27H22N2O4S/c1-18-11-14-20(15-12-18)34(31,32)29(2)24-9-5-3-8-23(24)27(30)28-19-13-16-22-21-7-4-6-10-25(21)33-26(22)17-19/h3-17H,1-2H3,(H,28,30). The number of para-hydroxylation sites is 2. The van der Waals surface area contributed by atoms with Crippen LogP contribution < -0.4 is 9.62 Å². The Morgan fingerprint density at radius 3 is 2.29 bits per heavy atom. The second-order valence-corrected chi connectivity index (χ2v) is 10.0. The molecular formula is C27H22N2O4S. The lowest BCUT2D eigenvalue weighted by molar-refractivity contribution is 0.102. The van der Waals surface area contributed by atoms with Crippen LogP contribution in [0.1, 0.15) is 15.9 Å². The van der Waals surface area contributed by atoms with E-state index in [1.165, 1.54) is 7.05 Å². The van der Waals surface area contributed by atoms with E-state index < -0.39 is 15.9 Å². The van der Waals surface area contributed by atoms with E-state index in [4.69, 9.17) is 4.42 Å². The van der Waals surface area contributed by atoms with E-state index in [1.807, 2.05) is 37.3 Å². The summed E-state index contributed by atoms with van der Waals surface area (Å²) in [6, 6.07) is 26.4. The van der Waals surface area contributed by atoms with Crippen molar-refractivity contribution in [2.45, 2.75) is 11.8 Å². The second-order valence-electron chi connectivity index (χ2n) is 8.07. The fourth-order valence-electron chi connectivity index (χ4n) is 3.94. The summed E-state index contributed by atoms with van der Waals surface area (Å²) in [6.07, 6.45) is 0.